The minimum atomic E-state index is -1.12. The molecule has 1 rings (SSSR count). The molecule has 0 aliphatic carbocycles. The SMILES string of the molecule is CC1C=CSC1(N)C(=O)O. The number of rotatable bonds is 1. The van der Waals surface area contributed by atoms with Crippen LogP contribution in [0.2, 0.25) is 0 Å². The third-order valence-corrected chi connectivity index (χ3v) is 2.87. The van der Waals surface area contributed by atoms with Gasteiger partial charge in [0.25, 0.3) is 0 Å². The van der Waals surface area contributed by atoms with E-state index in [-0.39, 0.29) is 5.92 Å². The van der Waals surface area contributed by atoms with Crippen molar-refractivity contribution in [3.05, 3.63) is 11.5 Å². The highest BCUT2D eigenvalue weighted by Gasteiger charge is 2.41. The van der Waals surface area contributed by atoms with Crippen LogP contribution >= 0.6 is 11.8 Å². The van der Waals surface area contributed by atoms with Crippen molar-refractivity contribution >= 4 is 17.7 Å². The Bertz CT molecular complexity index is 192. The lowest BCUT2D eigenvalue weighted by Crippen LogP contribution is -2.47. The van der Waals surface area contributed by atoms with Gasteiger partial charge in [0.15, 0.2) is 4.87 Å². The Hall–Kier alpha value is -0.480. The molecule has 0 fully saturated rings. The predicted molar refractivity (Wildman–Crippen MR) is 40.4 cm³/mol. The zero-order valence-corrected chi connectivity index (χ0v) is 6.39. The normalized spacial score (nSPS) is 38.4. The van der Waals surface area contributed by atoms with Gasteiger partial charge in [-0.15, -0.1) is 0 Å². The van der Waals surface area contributed by atoms with E-state index in [2.05, 4.69) is 0 Å². The van der Waals surface area contributed by atoms with Gasteiger partial charge in [0.1, 0.15) is 0 Å². The van der Waals surface area contributed by atoms with Gasteiger partial charge in [-0.1, -0.05) is 24.8 Å². The second-order valence-corrected chi connectivity index (χ2v) is 3.52. The average Bonchev–Trinajstić information content (AvgIpc) is 2.15. The van der Waals surface area contributed by atoms with Crippen molar-refractivity contribution in [2.75, 3.05) is 0 Å². The van der Waals surface area contributed by atoms with Crippen molar-refractivity contribution in [3.8, 4) is 0 Å². The lowest BCUT2D eigenvalue weighted by Gasteiger charge is -2.21. The first kappa shape index (κ1) is 7.63. The van der Waals surface area contributed by atoms with Gasteiger partial charge in [-0.3, -0.25) is 0 Å². The van der Waals surface area contributed by atoms with Gasteiger partial charge in [0.2, 0.25) is 0 Å². The third kappa shape index (κ3) is 0.932. The highest BCUT2D eigenvalue weighted by Crippen LogP contribution is 2.36. The van der Waals surface area contributed by atoms with Crippen molar-refractivity contribution in [1.82, 2.24) is 0 Å². The average molecular weight is 159 g/mol. The van der Waals surface area contributed by atoms with Crippen molar-refractivity contribution in [2.45, 2.75) is 11.8 Å². The summed E-state index contributed by atoms with van der Waals surface area (Å²) in [6.45, 7) is 1.80. The second kappa shape index (κ2) is 2.29. The summed E-state index contributed by atoms with van der Waals surface area (Å²) < 4.78 is 0. The third-order valence-electron chi connectivity index (χ3n) is 1.64. The van der Waals surface area contributed by atoms with E-state index >= 15 is 0 Å². The molecule has 0 radical (unpaired) electrons. The van der Waals surface area contributed by atoms with Gasteiger partial charge in [0.05, 0.1) is 0 Å². The molecule has 1 aliphatic heterocycles. The van der Waals surface area contributed by atoms with E-state index in [1.807, 2.05) is 0 Å². The maximum absolute atomic E-state index is 10.5. The summed E-state index contributed by atoms with van der Waals surface area (Å²) in [6.07, 6.45) is 1.80. The minimum absolute atomic E-state index is 0.0880. The number of carboxylic acids is 1. The van der Waals surface area contributed by atoms with E-state index in [9.17, 15) is 4.79 Å². The van der Waals surface area contributed by atoms with Gasteiger partial charge >= 0.3 is 5.97 Å². The summed E-state index contributed by atoms with van der Waals surface area (Å²) in [7, 11) is 0. The molecular weight excluding hydrogens is 150 g/mol. The first-order chi connectivity index (χ1) is 4.57. The van der Waals surface area contributed by atoms with E-state index in [1.165, 1.54) is 0 Å². The van der Waals surface area contributed by atoms with Crippen LogP contribution in [0.25, 0.3) is 0 Å². The summed E-state index contributed by atoms with van der Waals surface area (Å²) in [5.74, 6) is -1.04. The summed E-state index contributed by atoms with van der Waals surface area (Å²) in [5, 5.41) is 10.4. The highest BCUT2D eigenvalue weighted by molar-refractivity contribution is 8.04. The standard InChI is InChI=1S/C6H9NO2S/c1-4-2-3-10-6(4,7)5(8)9/h2-4H,7H2,1H3,(H,8,9). The zero-order valence-electron chi connectivity index (χ0n) is 5.57. The van der Waals surface area contributed by atoms with Crippen LogP contribution in [0.3, 0.4) is 0 Å². The Morgan fingerprint density at radius 3 is 2.70 bits per heavy atom. The molecule has 4 heteroatoms. The van der Waals surface area contributed by atoms with Gasteiger partial charge in [0, 0.05) is 5.92 Å². The molecule has 1 heterocycles. The molecule has 0 saturated heterocycles. The fourth-order valence-corrected chi connectivity index (χ4v) is 1.70. The smallest absolute Gasteiger partial charge is 0.335 e. The number of carboxylic acid groups (broad SMARTS) is 1. The maximum atomic E-state index is 10.5. The molecule has 2 unspecified atom stereocenters. The largest absolute Gasteiger partial charge is 0.479 e. The molecule has 0 aromatic rings. The Balaban J connectivity index is 2.80. The predicted octanol–water partition coefficient (Wildman–Crippen LogP) is 0.623. The van der Waals surface area contributed by atoms with Crippen LogP contribution in [0.15, 0.2) is 11.5 Å². The molecule has 3 N–H and O–H groups in total. The Morgan fingerprint density at radius 1 is 1.90 bits per heavy atom. The summed E-state index contributed by atoms with van der Waals surface area (Å²) >= 11 is 1.16. The number of carbonyl (C=O) groups is 1. The monoisotopic (exact) mass is 159 g/mol. The van der Waals surface area contributed by atoms with Crippen LogP contribution in [0, 0.1) is 5.92 Å². The molecule has 0 saturated carbocycles. The lowest BCUT2D eigenvalue weighted by molar-refractivity contribution is -0.140. The van der Waals surface area contributed by atoms with E-state index in [0.29, 0.717) is 0 Å². The zero-order chi connectivity index (χ0) is 7.78. The van der Waals surface area contributed by atoms with Crippen LogP contribution in [-0.2, 0) is 4.79 Å². The molecule has 0 aromatic heterocycles. The molecule has 2 atom stereocenters. The molecule has 0 spiro atoms. The van der Waals surface area contributed by atoms with Crippen molar-refractivity contribution in [1.29, 1.82) is 0 Å². The van der Waals surface area contributed by atoms with E-state index in [1.54, 1.807) is 18.4 Å². The molecule has 1 aliphatic rings. The van der Waals surface area contributed by atoms with Crippen LogP contribution in [0.4, 0.5) is 0 Å². The maximum Gasteiger partial charge on any atom is 0.335 e. The van der Waals surface area contributed by atoms with Gasteiger partial charge in [-0.05, 0) is 5.41 Å². The molecule has 0 aromatic carbocycles. The van der Waals surface area contributed by atoms with E-state index in [0.717, 1.165) is 11.8 Å². The first-order valence-electron chi connectivity index (χ1n) is 2.94. The van der Waals surface area contributed by atoms with Crippen molar-refractivity contribution in [2.24, 2.45) is 11.7 Å². The van der Waals surface area contributed by atoms with Crippen LogP contribution in [-0.4, -0.2) is 15.9 Å². The Morgan fingerprint density at radius 2 is 2.50 bits per heavy atom. The summed E-state index contributed by atoms with van der Waals surface area (Å²) in [6, 6.07) is 0. The van der Waals surface area contributed by atoms with Gasteiger partial charge in [-0.25, -0.2) is 4.79 Å². The quantitative estimate of drug-likeness (QED) is 0.588. The Kier molecular flexibility index (Phi) is 1.74. The summed E-state index contributed by atoms with van der Waals surface area (Å²) in [5.41, 5.74) is 5.55. The minimum Gasteiger partial charge on any atom is -0.479 e. The van der Waals surface area contributed by atoms with Gasteiger partial charge < -0.3 is 10.8 Å². The van der Waals surface area contributed by atoms with Crippen LogP contribution < -0.4 is 5.73 Å². The molecule has 56 valence electrons. The molecule has 10 heavy (non-hydrogen) atoms. The second-order valence-electron chi connectivity index (χ2n) is 2.33. The number of aliphatic carboxylic acids is 1. The molecule has 3 nitrogen and oxygen atoms in total. The van der Waals surface area contributed by atoms with Crippen molar-refractivity contribution in [3.63, 3.8) is 0 Å². The molecule has 0 bridgehead atoms. The summed E-state index contributed by atoms with van der Waals surface area (Å²) in [4.78, 5) is 9.42. The molecular formula is C6H9NO2S. The topological polar surface area (TPSA) is 63.3 Å². The number of hydrogen-bond acceptors (Lipinski definition) is 3. The fourth-order valence-electron chi connectivity index (χ4n) is 0.765. The van der Waals surface area contributed by atoms with Crippen LogP contribution in [0.1, 0.15) is 6.92 Å². The number of hydrogen-bond donors (Lipinski definition) is 2. The number of thioether (sulfide) groups is 1. The van der Waals surface area contributed by atoms with E-state index in [4.69, 9.17) is 10.8 Å². The van der Waals surface area contributed by atoms with E-state index < -0.39 is 10.8 Å². The first-order valence-corrected chi connectivity index (χ1v) is 3.82. The van der Waals surface area contributed by atoms with Gasteiger partial charge in [-0.2, -0.15) is 0 Å². The van der Waals surface area contributed by atoms with Crippen LogP contribution in [0.5, 0.6) is 0 Å². The highest BCUT2D eigenvalue weighted by atomic mass is 32.2. The fraction of sp³-hybridized carbons (Fsp3) is 0.500. The molecule has 0 amide bonds. The lowest BCUT2D eigenvalue weighted by atomic mass is 10.0. The Labute approximate surface area is 63.3 Å². The van der Waals surface area contributed by atoms with Crippen molar-refractivity contribution < 1.29 is 9.90 Å². The number of nitrogens with two attached hydrogens (primary N) is 1.